The first-order chi connectivity index (χ1) is 6.85. The molecule has 0 aromatic heterocycles. The SMILES string of the molecule is CCCC.O=CCCc1ccccc1. The van der Waals surface area contributed by atoms with Gasteiger partial charge < -0.3 is 4.79 Å². The van der Waals surface area contributed by atoms with Crippen molar-refractivity contribution in [2.24, 2.45) is 0 Å². The van der Waals surface area contributed by atoms with E-state index in [1.165, 1.54) is 18.4 Å². The van der Waals surface area contributed by atoms with E-state index in [1.54, 1.807) is 0 Å². The number of aryl methyl sites for hydroxylation is 1. The van der Waals surface area contributed by atoms with Gasteiger partial charge >= 0.3 is 0 Å². The Kier molecular flexibility index (Phi) is 9.18. The first kappa shape index (κ1) is 12.9. The van der Waals surface area contributed by atoms with Crippen LogP contribution < -0.4 is 0 Å². The minimum atomic E-state index is 0.629. The van der Waals surface area contributed by atoms with Crippen molar-refractivity contribution >= 4 is 6.29 Å². The van der Waals surface area contributed by atoms with E-state index in [0.29, 0.717) is 6.42 Å². The lowest BCUT2D eigenvalue weighted by molar-refractivity contribution is -0.107. The van der Waals surface area contributed by atoms with E-state index in [4.69, 9.17) is 0 Å². The zero-order chi connectivity index (χ0) is 10.6. The molecule has 0 heterocycles. The zero-order valence-electron chi connectivity index (χ0n) is 9.20. The van der Waals surface area contributed by atoms with Crippen molar-refractivity contribution in [2.75, 3.05) is 0 Å². The van der Waals surface area contributed by atoms with Gasteiger partial charge in [-0.1, -0.05) is 57.0 Å². The van der Waals surface area contributed by atoms with Crippen LogP contribution in [-0.4, -0.2) is 6.29 Å². The van der Waals surface area contributed by atoms with Gasteiger partial charge in [0.2, 0.25) is 0 Å². The molecule has 14 heavy (non-hydrogen) atoms. The normalized spacial score (nSPS) is 8.71. The van der Waals surface area contributed by atoms with Crippen molar-refractivity contribution in [1.82, 2.24) is 0 Å². The van der Waals surface area contributed by atoms with Gasteiger partial charge in [-0.25, -0.2) is 0 Å². The lowest BCUT2D eigenvalue weighted by Gasteiger charge is -1.93. The molecule has 1 aromatic carbocycles. The highest BCUT2D eigenvalue weighted by Gasteiger charge is 1.87. The van der Waals surface area contributed by atoms with E-state index in [1.807, 2.05) is 30.3 Å². The second-order valence-electron chi connectivity index (χ2n) is 3.19. The maximum atomic E-state index is 9.98. The summed E-state index contributed by atoms with van der Waals surface area (Å²) in [7, 11) is 0. The maximum absolute atomic E-state index is 9.98. The first-order valence-electron chi connectivity index (χ1n) is 5.32. The standard InChI is InChI=1S/C9H10O.C4H10/c10-8-4-7-9-5-2-1-3-6-9;1-3-4-2/h1-3,5-6,8H,4,7H2;3-4H2,1-2H3. The van der Waals surface area contributed by atoms with E-state index >= 15 is 0 Å². The van der Waals surface area contributed by atoms with Crippen LogP contribution in [-0.2, 0) is 11.2 Å². The molecule has 0 amide bonds. The smallest absolute Gasteiger partial charge is 0.120 e. The molecule has 0 atom stereocenters. The van der Waals surface area contributed by atoms with Crippen molar-refractivity contribution in [2.45, 2.75) is 39.5 Å². The molecule has 0 saturated carbocycles. The van der Waals surface area contributed by atoms with Crippen LogP contribution in [0.15, 0.2) is 30.3 Å². The molecule has 1 rings (SSSR count). The highest BCUT2D eigenvalue weighted by Crippen LogP contribution is 2.00. The van der Waals surface area contributed by atoms with Crippen molar-refractivity contribution in [3.63, 3.8) is 0 Å². The average molecular weight is 192 g/mol. The number of hydrogen-bond donors (Lipinski definition) is 0. The van der Waals surface area contributed by atoms with Crippen LogP contribution in [0.25, 0.3) is 0 Å². The van der Waals surface area contributed by atoms with Crippen LogP contribution in [0.1, 0.15) is 38.7 Å². The molecule has 78 valence electrons. The van der Waals surface area contributed by atoms with Gasteiger partial charge in [0, 0.05) is 6.42 Å². The third-order valence-electron chi connectivity index (χ3n) is 1.89. The Bertz CT molecular complexity index is 214. The molecule has 0 fully saturated rings. The van der Waals surface area contributed by atoms with Gasteiger partial charge in [0.05, 0.1) is 0 Å². The van der Waals surface area contributed by atoms with Crippen molar-refractivity contribution in [3.05, 3.63) is 35.9 Å². The zero-order valence-corrected chi connectivity index (χ0v) is 9.20. The quantitative estimate of drug-likeness (QED) is 0.666. The summed E-state index contributed by atoms with van der Waals surface area (Å²) in [5.74, 6) is 0. The fraction of sp³-hybridized carbons (Fsp3) is 0.462. The molecule has 0 aliphatic heterocycles. The molecule has 0 bridgehead atoms. The van der Waals surface area contributed by atoms with Crippen molar-refractivity contribution < 1.29 is 4.79 Å². The number of aldehydes is 1. The Balaban J connectivity index is 0.000000364. The molecule has 0 aliphatic rings. The summed E-state index contributed by atoms with van der Waals surface area (Å²) in [6, 6.07) is 10.0. The lowest BCUT2D eigenvalue weighted by atomic mass is 10.1. The van der Waals surface area contributed by atoms with E-state index in [9.17, 15) is 4.79 Å². The number of hydrogen-bond acceptors (Lipinski definition) is 1. The summed E-state index contributed by atoms with van der Waals surface area (Å²) in [5.41, 5.74) is 1.23. The Hall–Kier alpha value is -1.11. The predicted molar refractivity (Wildman–Crippen MR) is 61.4 cm³/mol. The average Bonchev–Trinajstić information content (AvgIpc) is 2.28. The van der Waals surface area contributed by atoms with E-state index in [2.05, 4.69) is 13.8 Å². The van der Waals surface area contributed by atoms with Crippen LogP contribution in [0.4, 0.5) is 0 Å². The Morgan fingerprint density at radius 1 is 1.07 bits per heavy atom. The largest absolute Gasteiger partial charge is 0.303 e. The Morgan fingerprint density at radius 3 is 2.07 bits per heavy atom. The van der Waals surface area contributed by atoms with Gasteiger partial charge in [-0.3, -0.25) is 0 Å². The summed E-state index contributed by atoms with van der Waals surface area (Å²) < 4.78 is 0. The van der Waals surface area contributed by atoms with Gasteiger partial charge in [-0.05, 0) is 12.0 Å². The van der Waals surface area contributed by atoms with Crippen molar-refractivity contribution in [1.29, 1.82) is 0 Å². The van der Waals surface area contributed by atoms with Gasteiger partial charge in [0.15, 0.2) is 0 Å². The molecule has 0 aliphatic carbocycles. The third kappa shape index (κ3) is 7.53. The molecule has 1 nitrogen and oxygen atoms in total. The molecule has 0 radical (unpaired) electrons. The minimum Gasteiger partial charge on any atom is -0.303 e. The first-order valence-corrected chi connectivity index (χ1v) is 5.32. The highest BCUT2D eigenvalue weighted by molar-refractivity contribution is 5.49. The number of carbonyl (C=O) groups excluding carboxylic acids is 1. The highest BCUT2D eigenvalue weighted by atomic mass is 16.1. The van der Waals surface area contributed by atoms with Crippen LogP contribution in [0.3, 0.4) is 0 Å². The second kappa shape index (κ2) is 9.97. The van der Waals surface area contributed by atoms with E-state index in [0.717, 1.165) is 12.7 Å². The minimum absolute atomic E-state index is 0.629. The summed E-state index contributed by atoms with van der Waals surface area (Å²) in [5, 5.41) is 0. The molecule has 1 aromatic rings. The summed E-state index contributed by atoms with van der Waals surface area (Å²) in [4.78, 5) is 9.98. The third-order valence-corrected chi connectivity index (χ3v) is 1.89. The van der Waals surface area contributed by atoms with E-state index in [-0.39, 0.29) is 0 Å². The predicted octanol–water partition coefficient (Wildman–Crippen LogP) is 3.62. The van der Waals surface area contributed by atoms with Crippen LogP contribution in [0.2, 0.25) is 0 Å². The molecule has 0 unspecified atom stereocenters. The Labute approximate surface area is 87.2 Å². The molecule has 0 saturated heterocycles. The summed E-state index contributed by atoms with van der Waals surface area (Å²) in [6.45, 7) is 4.36. The maximum Gasteiger partial charge on any atom is 0.120 e. The van der Waals surface area contributed by atoms with Crippen molar-refractivity contribution in [3.8, 4) is 0 Å². The summed E-state index contributed by atoms with van der Waals surface area (Å²) >= 11 is 0. The summed E-state index contributed by atoms with van der Waals surface area (Å²) in [6.07, 6.45) is 5.08. The molecule has 0 spiro atoms. The van der Waals surface area contributed by atoms with Gasteiger partial charge in [-0.2, -0.15) is 0 Å². The number of benzene rings is 1. The fourth-order valence-electron chi connectivity index (χ4n) is 0.870. The number of carbonyl (C=O) groups is 1. The fourth-order valence-corrected chi connectivity index (χ4v) is 0.870. The molecule has 1 heteroatoms. The molecular weight excluding hydrogens is 172 g/mol. The van der Waals surface area contributed by atoms with Crippen LogP contribution in [0.5, 0.6) is 0 Å². The Morgan fingerprint density at radius 2 is 1.64 bits per heavy atom. The molecular formula is C13H20O. The van der Waals surface area contributed by atoms with Gasteiger partial charge in [-0.15, -0.1) is 0 Å². The monoisotopic (exact) mass is 192 g/mol. The van der Waals surface area contributed by atoms with Crippen LogP contribution >= 0.6 is 0 Å². The van der Waals surface area contributed by atoms with E-state index < -0.39 is 0 Å². The topological polar surface area (TPSA) is 17.1 Å². The van der Waals surface area contributed by atoms with Crippen LogP contribution in [0, 0.1) is 0 Å². The lowest BCUT2D eigenvalue weighted by Crippen LogP contribution is -1.83. The number of rotatable bonds is 4. The number of unbranched alkanes of at least 4 members (excludes halogenated alkanes) is 1. The van der Waals surface area contributed by atoms with Gasteiger partial charge in [0.25, 0.3) is 0 Å². The molecule has 0 N–H and O–H groups in total. The second-order valence-corrected chi connectivity index (χ2v) is 3.19. The van der Waals surface area contributed by atoms with Gasteiger partial charge in [0.1, 0.15) is 6.29 Å².